The summed E-state index contributed by atoms with van der Waals surface area (Å²) < 4.78 is 0. The number of hydrogen-bond donors (Lipinski definition) is 3. The zero-order chi connectivity index (χ0) is 15.4. The molecule has 114 valence electrons. The molecule has 2 atom stereocenters. The summed E-state index contributed by atoms with van der Waals surface area (Å²) in [6.07, 6.45) is 3.34. The first kappa shape index (κ1) is 15.4. The van der Waals surface area contributed by atoms with Crippen LogP contribution in [0.2, 0.25) is 0 Å². The Kier molecular flexibility index (Phi) is 4.83. The Labute approximate surface area is 123 Å². The standard InChI is InChI=1S/C16H23N3O2/c1-4-10(3)8-11(5-2)17-12-6-7-13-14(9-12)19-16(21)15(20)18-13/h6-7,9-11,17H,4-5,8H2,1-3H3,(H,18,20)(H,19,21). The van der Waals surface area contributed by atoms with E-state index in [4.69, 9.17) is 0 Å². The summed E-state index contributed by atoms with van der Waals surface area (Å²) >= 11 is 0. The summed E-state index contributed by atoms with van der Waals surface area (Å²) in [5, 5.41) is 3.51. The SMILES string of the molecule is CCC(C)CC(CC)Nc1ccc2[nH]c(=O)c(=O)[nH]c2c1. The average Bonchev–Trinajstić information content (AvgIpc) is 2.47. The molecule has 0 amide bonds. The molecular weight excluding hydrogens is 266 g/mol. The second-order valence-electron chi connectivity index (χ2n) is 5.67. The predicted molar refractivity (Wildman–Crippen MR) is 87.0 cm³/mol. The van der Waals surface area contributed by atoms with Crippen molar-refractivity contribution in [3.8, 4) is 0 Å². The lowest BCUT2D eigenvalue weighted by molar-refractivity contribution is 0.462. The van der Waals surface area contributed by atoms with Gasteiger partial charge in [-0.1, -0.05) is 27.2 Å². The third kappa shape index (κ3) is 3.74. The van der Waals surface area contributed by atoms with Gasteiger partial charge in [-0.05, 0) is 37.0 Å². The number of benzene rings is 1. The molecule has 2 rings (SSSR count). The van der Waals surface area contributed by atoms with Crippen LogP contribution in [0.5, 0.6) is 0 Å². The minimum atomic E-state index is -0.619. The lowest BCUT2D eigenvalue weighted by atomic mass is 9.97. The lowest BCUT2D eigenvalue weighted by Crippen LogP contribution is -2.29. The summed E-state index contributed by atoms with van der Waals surface area (Å²) in [6, 6.07) is 6.01. The molecule has 2 unspecified atom stereocenters. The fourth-order valence-corrected chi connectivity index (χ4v) is 2.42. The molecule has 0 aliphatic carbocycles. The first-order valence-corrected chi connectivity index (χ1v) is 7.56. The maximum absolute atomic E-state index is 11.4. The van der Waals surface area contributed by atoms with Gasteiger partial charge in [0.05, 0.1) is 11.0 Å². The van der Waals surface area contributed by atoms with E-state index in [1.807, 2.05) is 18.2 Å². The van der Waals surface area contributed by atoms with Crippen LogP contribution >= 0.6 is 0 Å². The van der Waals surface area contributed by atoms with Gasteiger partial charge in [-0.15, -0.1) is 0 Å². The molecule has 0 bridgehead atoms. The first-order chi connectivity index (χ1) is 10.0. The molecule has 0 radical (unpaired) electrons. The van der Waals surface area contributed by atoms with Crippen LogP contribution in [0, 0.1) is 5.92 Å². The van der Waals surface area contributed by atoms with Gasteiger partial charge in [-0.2, -0.15) is 0 Å². The quantitative estimate of drug-likeness (QED) is 0.716. The monoisotopic (exact) mass is 289 g/mol. The molecule has 5 nitrogen and oxygen atoms in total. The van der Waals surface area contributed by atoms with Crippen LogP contribution in [-0.2, 0) is 0 Å². The van der Waals surface area contributed by atoms with Gasteiger partial charge in [0.25, 0.3) is 0 Å². The Morgan fingerprint density at radius 3 is 2.33 bits per heavy atom. The van der Waals surface area contributed by atoms with Crippen LogP contribution in [-0.4, -0.2) is 16.0 Å². The van der Waals surface area contributed by atoms with E-state index in [2.05, 4.69) is 36.1 Å². The molecule has 0 saturated heterocycles. The van der Waals surface area contributed by atoms with E-state index in [1.54, 1.807) is 0 Å². The molecule has 0 fully saturated rings. The third-order valence-electron chi connectivity index (χ3n) is 3.97. The molecule has 1 heterocycles. The Morgan fingerprint density at radius 2 is 1.71 bits per heavy atom. The second kappa shape index (κ2) is 6.61. The molecule has 3 N–H and O–H groups in total. The Morgan fingerprint density at radius 1 is 1.05 bits per heavy atom. The topological polar surface area (TPSA) is 77.8 Å². The number of fused-ring (bicyclic) bond motifs is 1. The van der Waals surface area contributed by atoms with Crippen molar-refractivity contribution in [1.29, 1.82) is 0 Å². The molecule has 0 spiro atoms. The van der Waals surface area contributed by atoms with Crippen molar-refractivity contribution >= 4 is 16.7 Å². The van der Waals surface area contributed by atoms with Crippen molar-refractivity contribution in [3.05, 3.63) is 38.9 Å². The summed E-state index contributed by atoms with van der Waals surface area (Å²) in [5.41, 5.74) is 1.00. The van der Waals surface area contributed by atoms with E-state index in [9.17, 15) is 9.59 Å². The highest BCUT2D eigenvalue weighted by atomic mass is 16.2. The fraction of sp³-hybridized carbons (Fsp3) is 0.500. The molecular formula is C16H23N3O2. The summed E-state index contributed by atoms with van der Waals surface area (Å²) in [7, 11) is 0. The van der Waals surface area contributed by atoms with Crippen LogP contribution < -0.4 is 16.4 Å². The van der Waals surface area contributed by atoms with Crippen LogP contribution in [0.3, 0.4) is 0 Å². The maximum Gasteiger partial charge on any atom is 0.314 e. The number of nitrogens with one attached hydrogen (secondary N) is 3. The lowest BCUT2D eigenvalue weighted by Gasteiger charge is -2.21. The summed E-state index contributed by atoms with van der Waals surface area (Å²) in [6.45, 7) is 6.63. The van der Waals surface area contributed by atoms with E-state index in [0.29, 0.717) is 23.0 Å². The van der Waals surface area contributed by atoms with Gasteiger partial charge in [0.1, 0.15) is 0 Å². The molecule has 0 saturated carbocycles. The van der Waals surface area contributed by atoms with Crippen molar-refractivity contribution in [2.24, 2.45) is 5.92 Å². The van der Waals surface area contributed by atoms with E-state index in [0.717, 1.165) is 18.5 Å². The van der Waals surface area contributed by atoms with E-state index >= 15 is 0 Å². The zero-order valence-electron chi connectivity index (χ0n) is 12.8. The van der Waals surface area contributed by atoms with Crippen molar-refractivity contribution in [2.75, 3.05) is 5.32 Å². The Hall–Kier alpha value is -2.04. The second-order valence-corrected chi connectivity index (χ2v) is 5.67. The highest BCUT2D eigenvalue weighted by molar-refractivity contribution is 5.78. The Balaban J connectivity index is 2.24. The maximum atomic E-state index is 11.4. The van der Waals surface area contributed by atoms with Gasteiger partial charge in [-0.25, -0.2) is 0 Å². The van der Waals surface area contributed by atoms with Crippen molar-refractivity contribution in [3.63, 3.8) is 0 Å². The molecule has 1 aromatic carbocycles. The molecule has 2 aromatic rings. The van der Waals surface area contributed by atoms with Crippen molar-refractivity contribution in [1.82, 2.24) is 9.97 Å². The van der Waals surface area contributed by atoms with Gasteiger partial charge >= 0.3 is 11.1 Å². The normalized spacial score (nSPS) is 14.0. The number of aromatic amines is 2. The van der Waals surface area contributed by atoms with Gasteiger partial charge in [0.2, 0.25) is 0 Å². The van der Waals surface area contributed by atoms with Crippen LogP contribution in [0.4, 0.5) is 5.69 Å². The summed E-state index contributed by atoms with van der Waals surface area (Å²) in [5.74, 6) is 0.680. The number of H-pyrrole nitrogens is 2. The molecule has 1 aromatic heterocycles. The minimum absolute atomic E-state index is 0.409. The fourth-order valence-electron chi connectivity index (χ4n) is 2.42. The number of anilines is 1. The molecule has 5 heteroatoms. The highest BCUT2D eigenvalue weighted by Gasteiger charge is 2.10. The average molecular weight is 289 g/mol. The zero-order valence-corrected chi connectivity index (χ0v) is 12.8. The molecule has 0 aliphatic rings. The third-order valence-corrected chi connectivity index (χ3v) is 3.97. The van der Waals surface area contributed by atoms with Gasteiger partial charge in [0, 0.05) is 11.7 Å². The Bertz CT molecular complexity index is 717. The van der Waals surface area contributed by atoms with Gasteiger partial charge in [-0.3, -0.25) is 9.59 Å². The van der Waals surface area contributed by atoms with Gasteiger partial charge in [0.15, 0.2) is 0 Å². The van der Waals surface area contributed by atoms with E-state index < -0.39 is 11.1 Å². The smallest absolute Gasteiger partial charge is 0.314 e. The van der Waals surface area contributed by atoms with E-state index in [-0.39, 0.29) is 0 Å². The number of rotatable bonds is 6. The van der Waals surface area contributed by atoms with E-state index in [1.165, 1.54) is 6.42 Å². The minimum Gasteiger partial charge on any atom is -0.382 e. The summed E-state index contributed by atoms with van der Waals surface area (Å²) in [4.78, 5) is 27.8. The molecule has 21 heavy (non-hydrogen) atoms. The number of hydrogen-bond acceptors (Lipinski definition) is 3. The van der Waals surface area contributed by atoms with Gasteiger partial charge < -0.3 is 15.3 Å². The van der Waals surface area contributed by atoms with Crippen molar-refractivity contribution < 1.29 is 0 Å². The first-order valence-electron chi connectivity index (χ1n) is 7.56. The van der Waals surface area contributed by atoms with Crippen LogP contribution in [0.25, 0.3) is 11.0 Å². The van der Waals surface area contributed by atoms with Crippen molar-refractivity contribution in [2.45, 2.75) is 46.1 Å². The largest absolute Gasteiger partial charge is 0.382 e. The predicted octanol–water partition coefficient (Wildman–Crippen LogP) is 2.84. The van der Waals surface area contributed by atoms with Crippen LogP contribution in [0.1, 0.15) is 40.0 Å². The highest BCUT2D eigenvalue weighted by Crippen LogP contribution is 2.19. The molecule has 0 aliphatic heterocycles. The van der Waals surface area contributed by atoms with Crippen LogP contribution in [0.15, 0.2) is 27.8 Å². The number of aromatic nitrogens is 2.